The van der Waals surface area contributed by atoms with Crippen LogP contribution in [0.2, 0.25) is 0 Å². The third-order valence-electron chi connectivity index (χ3n) is 3.32. The number of aryl methyl sites for hydroxylation is 1. The van der Waals surface area contributed by atoms with Crippen molar-refractivity contribution in [2.24, 2.45) is 0 Å². The molecular weight excluding hydrogens is 262 g/mol. The first-order valence-corrected chi connectivity index (χ1v) is 6.75. The summed E-state index contributed by atoms with van der Waals surface area (Å²) in [6, 6.07) is 12.0. The summed E-state index contributed by atoms with van der Waals surface area (Å²) in [4.78, 5) is 15.3. The van der Waals surface area contributed by atoms with E-state index in [1.807, 2.05) is 12.1 Å². The largest absolute Gasteiger partial charge is 0.298 e. The molecule has 1 aromatic carbocycles. The monoisotopic (exact) mass is 277 g/mol. The molecule has 2 heterocycles. The number of nitrogens with zero attached hydrogens (tertiary/aromatic N) is 3. The molecule has 0 spiro atoms. The minimum atomic E-state index is 0.579. The lowest BCUT2D eigenvalue weighted by molar-refractivity contribution is 0.112. The lowest BCUT2D eigenvalue weighted by atomic mass is 10.1. The van der Waals surface area contributed by atoms with Gasteiger partial charge in [0.25, 0.3) is 0 Å². The van der Waals surface area contributed by atoms with Crippen molar-refractivity contribution in [1.82, 2.24) is 14.8 Å². The molecule has 3 aromatic rings. The number of aldehydes is 1. The summed E-state index contributed by atoms with van der Waals surface area (Å²) in [5.41, 5.74) is 4.48. The van der Waals surface area contributed by atoms with Crippen molar-refractivity contribution in [3.63, 3.8) is 0 Å². The van der Waals surface area contributed by atoms with Gasteiger partial charge in [0.05, 0.1) is 12.1 Å². The van der Waals surface area contributed by atoms with E-state index in [1.165, 1.54) is 5.56 Å². The zero-order valence-electron chi connectivity index (χ0n) is 11.7. The third kappa shape index (κ3) is 2.89. The van der Waals surface area contributed by atoms with E-state index in [-0.39, 0.29) is 0 Å². The van der Waals surface area contributed by atoms with E-state index in [1.54, 1.807) is 23.3 Å². The molecule has 0 bridgehead atoms. The standard InChI is InChI=1S/C17H15N3O/c1-13-4-6-14(7-5-13)10-20-11-16(12-21)17(19-20)15-3-2-8-18-9-15/h2-9,11-12H,10H2,1H3. The molecule has 0 unspecified atom stereocenters. The van der Waals surface area contributed by atoms with Crippen LogP contribution in [0.4, 0.5) is 0 Å². The Bertz CT molecular complexity index is 745. The molecule has 0 saturated heterocycles. The van der Waals surface area contributed by atoms with Crippen molar-refractivity contribution in [3.05, 3.63) is 71.7 Å². The molecule has 0 amide bonds. The average Bonchev–Trinajstić information content (AvgIpc) is 2.93. The Morgan fingerprint density at radius 1 is 1.19 bits per heavy atom. The highest BCUT2D eigenvalue weighted by Gasteiger charge is 2.10. The maximum atomic E-state index is 11.2. The summed E-state index contributed by atoms with van der Waals surface area (Å²) in [6.07, 6.45) is 6.02. The zero-order valence-corrected chi connectivity index (χ0v) is 11.7. The Morgan fingerprint density at radius 2 is 2.00 bits per heavy atom. The van der Waals surface area contributed by atoms with Crippen LogP contribution in [0.3, 0.4) is 0 Å². The highest BCUT2D eigenvalue weighted by Crippen LogP contribution is 2.20. The van der Waals surface area contributed by atoms with Crippen molar-refractivity contribution in [1.29, 1.82) is 0 Å². The topological polar surface area (TPSA) is 47.8 Å². The van der Waals surface area contributed by atoms with Gasteiger partial charge < -0.3 is 0 Å². The van der Waals surface area contributed by atoms with E-state index in [4.69, 9.17) is 0 Å². The number of rotatable bonds is 4. The van der Waals surface area contributed by atoms with Gasteiger partial charge in [-0.3, -0.25) is 14.5 Å². The Hall–Kier alpha value is -2.75. The molecule has 0 fully saturated rings. The van der Waals surface area contributed by atoms with Crippen LogP contribution < -0.4 is 0 Å². The average molecular weight is 277 g/mol. The molecule has 21 heavy (non-hydrogen) atoms. The minimum absolute atomic E-state index is 0.579. The molecule has 104 valence electrons. The first-order chi connectivity index (χ1) is 10.3. The number of aromatic nitrogens is 3. The van der Waals surface area contributed by atoms with Crippen molar-refractivity contribution in [2.75, 3.05) is 0 Å². The van der Waals surface area contributed by atoms with Crippen molar-refractivity contribution in [2.45, 2.75) is 13.5 Å². The Labute approximate surface area is 123 Å². The van der Waals surface area contributed by atoms with E-state index in [9.17, 15) is 4.79 Å². The molecule has 0 N–H and O–H groups in total. The first-order valence-electron chi connectivity index (χ1n) is 6.75. The van der Waals surface area contributed by atoms with Crippen LogP contribution in [-0.4, -0.2) is 21.1 Å². The molecule has 4 nitrogen and oxygen atoms in total. The third-order valence-corrected chi connectivity index (χ3v) is 3.32. The van der Waals surface area contributed by atoms with Gasteiger partial charge in [0, 0.05) is 24.2 Å². The van der Waals surface area contributed by atoms with Gasteiger partial charge in [-0.25, -0.2) is 0 Å². The Balaban J connectivity index is 1.92. The molecule has 0 atom stereocenters. The SMILES string of the molecule is Cc1ccc(Cn2cc(C=O)c(-c3cccnc3)n2)cc1. The summed E-state index contributed by atoms with van der Waals surface area (Å²) in [6.45, 7) is 2.70. The van der Waals surface area contributed by atoms with E-state index in [0.29, 0.717) is 17.8 Å². The Kier molecular flexibility index (Phi) is 3.60. The summed E-state index contributed by atoms with van der Waals surface area (Å²) in [7, 11) is 0. The van der Waals surface area contributed by atoms with Crippen LogP contribution in [0.15, 0.2) is 55.0 Å². The second-order valence-electron chi connectivity index (χ2n) is 4.98. The maximum Gasteiger partial charge on any atom is 0.153 e. The van der Waals surface area contributed by atoms with Gasteiger partial charge in [-0.15, -0.1) is 0 Å². The van der Waals surface area contributed by atoms with Crippen molar-refractivity contribution in [3.8, 4) is 11.3 Å². The fourth-order valence-corrected chi connectivity index (χ4v) is 2.21. The van der Waals surface area contributed by atoms with E-state index >= 15 is 0 Å². The second-order valence-corrected chi connectivity index (χ2v) is 4.98. The Morgan fingerprint density at radius 3 is 2.67 bits per heavy atom. The fraction of sp³-hybridized carbons (Fsp3) is 0.118. The molecule has 0 aliphatic carbocycles. The van der Waals surface area contributed by atoms with Gasteiger partial charge >= 0.3 is 0 Å². The zero-order chi connectivity index (χ0) is 14.7. The maximum absolute atomic E-state index is 11.2. The number of hydrogen-bond donors (Lipinski definition) is 0. The smallest absolute Gasteiger partial charge is 0.153 e. The van der Waals surface area contributed by atoms with Crippen molar-refractivity contribution >= 4 is 6.29 Å². The van der Waals surface area contributed by atoms with Crippen LogP contribution >= 0.6 is 0 Å². The lowest BCUT2D eigenvalue weighted by Gasteiger charge is -2.02. The van der Waals surface area contributed by atoms with Gasteiger partial charge in [0.15, 0.2) is 6.29 Å². The number of benzene rings is 1. The van der Waals surface area contributed by atoms with Gasteiger partial charge in [-0.1, -0.05) is 29.8 Å². The summed E-state index contributed by atoms with van der Waals surface area (Å²) >= 11 is 0. The van der Waals surface area contributed by atoms with Gasteiger partial charge in [0.2, 0.25) is 0 Å². The fourth-order valence-electron chi connectivity index (χ4n) is 2.21. The van der Waals surface area contributed by atoms with Crippen molar-refractivity contribution < 1.29 is 4.79 Å². The van der Waals surface area contributed by atoms with Gasteiger partial charge in [0.1, 0.15) is 5.69 Å². The van der Waals surface area contributed by atoms with E-state index in [2.05, 4.69) is 41.3 Å². The molecule has 3 rings (SSSR count). The predicted octanol–water partition coefficient (Wildman–Crippen LogP) is 3.11. The first kappa shape index (κ1) is 13.2. The quantitative estimate of drug-likeness (QED) is 0.688. The molecule has 4 heteroatoms. The van der Waals surface area contributed by atoms with Gasteiger partial charge in [-0.05, 0) is 24.6 Å². The van der Waals surface area contributed by atoms with Gasteiger partial charge in [-0.2, -0.15) is 5.10 Å². The number of carbonyl (C=O) groups excluding carboxylic acids is 1. The van der Waals surface area contributed by atoms with E-state index < -0.39 is 0 Å². The van der Waals surface area contributed by atoms with Crippen LogP contribution in [-0.2, 0) is 6.54 Å². The lowest BCUT2D eigenvalue weighted by Crippen LogP contribution is -2.00. The molecule has 0 saturated carbocycles. The molecule has 0 aliphatic heterocycles. The van der Waals surface area contributed by atoms with Crippen LogP contribution in [0.5, 0.6) is 0 Å². The predicted molar refractivity (Wildman–Crippen MR) is 81.1 cm³/mol. The second kappa shape index (κ2) is 5.71. The number of hydrogen-bond acceptors (Lipinski definition) is 3. The van der Waals surface area contributed by atoms with Crippen LogP contribution in [0, 0.1) is 6.92 Å². The summed E-state index contributed by atoms with van der Waals surface area (Å²) in [5, 5.41) is 4.51. The summed E-state index contributed by atoms with van der Waals surface area (Å²) in [5.74, 6) is 0. The molecule has 0 radical (unpaired) electrons. The highest BCUT2D eigenvalue weighted by molar-refractivity contribution is 5.85. The molecule has 0 aliphatic rings. The van der Waals surface area contributed by atoms with Crippen LogP contribution in [0.1, 0.15) is 21.5 Å². The molecular formula is C17H15N3O. The van der Waals surface area contributed by atoms with Crippen LogP contribution in [0.25, 0.3) is 11.3 Å². The normalized spacial score (nSPS) is 10.5. The highest BCUT2D eigenvalue weighted by atomic mass is 16.1. The van der Waals surface area contributed by atoms with E-state index in [0.717, 1.165) is 17.4 Å². The summed E-state index contributed by atoms with van der Waals surface area (Å²) < 4.78 is 1.79. The number of pyridine rings is 1. The minimum Gasteiger partial charge on any atom is -0.298 e. The molecule has 2 aromatic heterocycles. The number of carbonyl (C=O) groups is 1.